The second kappa shape index (κ2) is 6.26. The van der Waals surface area contributed by atoms with E-state index in [1.54, 1.807) is 12.1 Å². The van der Waals surface area contributed by atoms with E-state index in [9.17, 15) is 8.42 Å². The quantitative estimate of drug-likeness (QED) is 0.610. The first kappa shape index (κ1) is 15.9. The van der Waals surface area contributed by atoms with Crippen molar-refractivity contribution in [3.05, 3.63) is 76.3 Å². The number of nitrogens with zero attached hydrogens (tertiary/aromatic N) is 1. The van der Waals surface area contributed by atoms with Gasteiger partial charge in [-0.1, -0.05) is 52.3 Å². The Morgan fingerprint density at radius 3 is 2.39 bits per heavy atom. The molecule has 0 fully saturated rings. The second-order valence-corrected chi connectivity index (χ2v) is 7.73. The van der Waals surface area contributed by atoms with Crippen molar-refractivity contribution < 1.29 is 8.42 Å². The molecule has 116 valence electrons. The van der Waals surface area contributed by atoms with Gasteiger partial charge in [-0.2, -0.15) is 12.8 Å². The number of fused-ring (bicyclic) bond motifs is 1. The highest BCUT2D eigenvalue weighted by molar-refractivity contribution is 9.10. The van der Waals surface area contributed by atoms with Gasteiger partial charge in [-0.25, -0.2) is 0 Å². The number of benzene rings is 3. The molecule has 0 aliphatic heterocycles. The smallest absolute Gasteiger partial charge is 0.199 e. The van der Waals surface area contributed by atoms with Crippen molar-refractivity contribution in [1.82, 2.24) is 0 Å². The highest BCUT2D eigenvalue weighted by Crippen LogP contribution is 2.22. The first-order chi connectivity index (χ1) is 11.0. The summed E-state index contributed by atoms with van der Waals surface area (Å²) >= 11 is 3.29. The summed E-state index contributed by atoms with van der Waals surface area (Å²) in [7, 11) is -3.71. The molecule has 3 aromatic rings. The molecule has 3 nitrogen and oxygen atoms in total. The third-order valence-electron chi connectivity index (χ3n) is 3.62. The van der Waals surface area contributed by atoms with Crippen molar-refractivity contribution in [2.45, 2.75) is 11.8 Å². The Morgan fingerprint density at radius 2 is 1.65 bits per heavy atom. The van der Waals surface area contributed by atoms with E-state index in [0.717, 1.165) is 26.4 Å². The Morgan fingerprint density at radius 1 is 0.957 bits per heavy atom. The summed E-state index contributed by atoms with van der Waals surface area (Å²) in [5.41, 5.74) is 1.81. The maximum atomic E-state index is 12.4. The fraction of sp³-hybridized carbons (Fsp3) is 0.0556. The highest BCUT2D eigenvalue weighted by Gasteiger charge is 2.12. The third kappa shape index (κ3) is 3.35. The van der Waals surface area contributed by atoms with Crippen molar-refractivity contribution in [2.24, 2.45) is 4.40 Å². The zero-order chi connectivity index (χ0) is 16.4. The summed E-state index contributed by atoms with van der Waals surface area (Å²) in [6.45, 7) is 1.94. The van der Waals surface area contributed by atoms with Gasteiger partial charge in [0.2, 0.25) is 0 Å². The fourth-order valence-corrected chi connectivity index (χ4v) is 3.48. The Bertz CT molecular complexity index is 993. The fourth-order valence-electron chi connectivity index (χ4n) is 2.37. The Kier molecular flexibility index (Phi) is 4.33. The predicted octanol–water partition coefficient (Wildman–Crippen LogP) is 4.72. The van der Waals surface area contributed by atoms with Gasteiger partial charge in [-0.05, 0) is 47.5 Å². The topological polar surface area (TPSA) is 46.5 Å². The second-order valence-electron chi connectivity index (χ2n) is 5.18. The molecule has 5 heteroatoms. The number of rotatable bonds is 3. The van der Waals surface area contributed by atoms with Crippen LogP contribution in [-0.2, 0) is 10.0 Å². The van der Waals surface area contributed by atoms with E-state index in [0.29, 0.717) is 0 Å². The largest absolute Gasteiger partial charge is 0.282 e. The normalized spacial score (nSPS) is 12.1. The lowest BCUT2D eigenvalue weighted by atomic mass is 10.0. The van der Waals surface area contributed by atoms with Crippen LogP contribution in [0.2, 0.25) is 0 Å². The molecular weight excluding hydrogens is 374 g/mol. The molecule has 0 heterocycles. The average Bonchev–Trinajstić information content (AvgIpc) is 2.54. The minimum atomic E-state index is -3.71. The van der Waals surface area contributed by atoms with Crippen LogP contribution in [0.5, 0.6) is 0 Å². The highest BCUT2D eigenvalue weighted by atomic mass is 79.9. The monoisotopic (exact) mass is 387 g/mol. The van der Waals surface area contributed by atoms with Gasteiger partial charge >= 0.3 is 0 Å². The molecule has 3 aromatic carbocycles. The first-order valence-corrected chi connectivity index (χ1v) is 9.25. The van der Waals surface area contributed by atoms with Crippen molar-refractivity contribution in [3.8, 4) is 0 Å². The van der Waals surface area contributed by atoms with Crippen LogP contribution >= 0.6 is 15.9 Å². The molecule has 0 aliphatic carbocycles. The first-order valence-electron chi connectivity index (χ1n) is 7.02. The van der Waals surface area contributed by atoms with E-state index >= 15 is 0 Å². The summed E-state index contributed by atoms with van der Waals surface area (Å²) in [5.74, 6) is 0. The van der Waals surface area contributed by atoms with E-state index in [1.807, 2.05) is 43.3 Å². The molecular formula is C18H14BrNO2S. The molecule has 0 amide bonds. The maximum Gasteiger partial charge on any atom is 0.282 e. The lowest BCUT2D eigenvalue weighted by Crippen LogP contribution is -1.99. The van der Waals surface area contributed by atoms with Gasteiger partial charge in [-0.15, -0.1) is 0 Å². The van der Waals surface area contributed by atoms with Crippen LogP contribution in [0.25, 0.3) is 10.8 Å². The van der Waals surface area contributed by atoms with Gasteiger partial charge in [0, 0.05) is 16.3 Å². The molecule has 0 saturated carbocycles. The van der Waals surface area contributed by atoms with Gasteiger partial charge in [0.1, 0.15) is 0 Å². The Hall–Kier alpha value is -1.98. The molecule has 0 saturated heterocycles. The molecule has 0 aromatic heterocycles. The van der Waals surface area contributed by atoms with Crippen LogP contribution in [0.4, 0.5) is 0 Å². The van der Waals surface area contributed by atoms with Crippen LogP contribution in [0.3, 0.4) is 0 Å². The van der Waals surface area contributed by atoms with Crippen LogP contribution in [0, 0.1) is 6.92 Å². The van der Waals surface area contributed by atoms with Gasteiger partial charge in [0.05, 0.1) is 4.90 Å². The molecule has 0 spiro atoms. The Balaban J connectivity index is 2.06. The molecule has 0 bridgehead atoms. The van der Waals surface area contributed by atoms with E-state index in [1.165, 1.54) is 18.3 Å². The summed E-state index contributed by atoms with van der Waals surface area (Å²) in [6.07, 6.45) is 1.44. The molecule has 0 aliphatic rings. The minimum Gasteiger partial charge on any atom is -0.199 e. The number of hydrogen-bond acceptors (Lipinski definition) is 2. The summed E-state index contributed by atoms with van der Waals surface area (Å²) in [6, 6.07) is 18.3. The van der Waals surface area contributed by atoms with Gasteiger partial charge in [0.15, 0.2) is 0 Å². The molecule has 23 heavy (non-hydrogen) atoms. The summed E-state index contributed by atoms with van der Waals surface area (Å²) < 4.78 is 29.4. The summed E-state index contributed by atoms with van der Waals surface area (Å²) in [4.78, 5) is 0.176. The molecule has 0 N–H and O–H groups in total. The molecule has 0 unspecified atom stereocenters. The zero-order valence-electron chi connectivity index (χ0n) is 12.4. The average molecular weight is 388 g/mol. The maximum absolute atomic E-state index is 12.4. The van der Waals surface area contributed by atoms with Crippen LogP contribution in [0.1, 0.15) is 11.1 Å². The van der Waals surface area contributed by atoms with Crippen LogP contribution in [0.15, 0.2) is 74.4 Å². The SMILES string of the molecule is Cc1ccc2ccccc2c1/C=N/S(=O)(=O)c1ccc(Br)cc1. The minimum absolute atomic E-state index is 0.176. The molecule has 0 atom stereocenters. The number of sulfonamides is 1. The van der Waals surface area contributed by atoms with Crippen molar-refractivity contribution in [1.29, 1.82) is 0 Å². The van der Waals surface area contributed by atoms with E-state index in [4.69, 9.17) is 0 Å². The number of halogens is 1. The predicted molar refractivity (Wildman–Crippen MR) is 97.6 cm³/mol. The van der Waals surface area contributed by atoms with E-state index in [-0.39, 0.29) is 4.90 Å². The van der Waals surface area contributed by atoms with Gasteiger partial charge in [-0.3, -0.25) is 0 Å². The molecule has 3 rings (SSSR count). The van der Waals surface area contributed by atoms with Crippen molar-refractivity contribution >= 4 is 42.9 Å². The van der Waals surface area contributed by atoms with E-state index < -0.39 is 10.0 Å². The zero-order valence-corrected chi connectivity index (χ0v) is 14.8. The number of hydrogen-bond donors (Lipinski definition) is 0. The van der Waals surface area contributed by atoms with E-state index in [2.05, 4.69) is 20.3 Å². The Labute approximate surface area is 143 Å². The van der Waals surface area contributed by atoms with Crippen LogP contribution < -0.4 is 0 Å². The third-order valence-corrected chi connectivity index (χ3v) is 5.40. The lowest BCUT2D eigenvalue weighted by molar-refractivity contribution is 0.598. The van der Waals surface area contributed by atoms with Crippen LogP contribution in [-0.4, -0.2) is 14.6 Å². The van der Waals surface area contributed by atoms with Crippen molar-refractivity contribution in [2.75, 3.05) is 0 Å². The van der Waals surface area contributed by atoms with Gasteiger partial charge in [0.25, 0.3) is 10.0 Å². The van der Waals surface area contributed by atoms with Gasteiger partial charge < -0.3 is 0 Å². The standard InChI is InChI=1S/C18H14BrNO2S/c1-13-6-7-14-4-2-3-5-17(14)18(13)12-20-23(21,22)16-10-8-15(19)9-11-16/h2-12H,1H3/b20-12+. The number of aryl methyl sites for hydroxylation is 1. The van der Waals surface area contributed by atoms with Crippen molar-refractivity contribution in [3.63, 3.8) is 0 Å². The lowest BCUT2D eigenvalue weighted by Gasteiger charge is -2.06. The summed E-state index contributed by atoms with van der Waals surface area (Å²) in [5, 5.41) is 2.04. The molecule has 0 radical (unpaired) electrons.